The van der Waals surface area contributed by atoms with E-state index < -0.39 is 0 Å². The number of unbranched alkanes of at least 4 members (excludes halogenated alkanes) is 2. The molecule has 0 N–H and O–H groups in total. The van der Waals surface area contributed by atoms with Gasteiger partial charge >= 0.3 is 0 Å². The summed E-state index contributed by atoms with van der Waals surface area (Å²) < 4.78 is 11.0. The fraction of sp³-hybridized carbons (Fsp3) is 1.00. The Balaban J connectivity index is 1.86. The second kappa shape index (κ2) is 7.65. The van der Waals surface area contributed by atoms with Gasteiger partial charge in [0.2, 0.25) is 0 Å². The van der Waals surface area contributed by atoms with Crippen molar-refractivity contribution in [1.82, 2.24) is 0 Å². The number of thiol groups is 1. The molecule has 1 rings (SSSR count). The summed E-state index contributed by atoms with van der Waals surface area (Å²) in [5.74, 6) is 0.997. The number of ether oxygens (including phenoxy) is 2. The Morgan fingerprint density at radius 2 is 1.92 bits per heavy atom. The van der Waals surface area contributed by atoms with Gasteiger partial charge < -0.3 is 9.47 Å². The fourth-order valence-electron chi connectivity index (χ4n) is 1.48. The maximum absolute atomic E-state index is 5.72. The summed E-state index contributed by atoms with van der Waals surface area (Å²) in [5.41, 5.74) is 0. The molecule has 0 spiro atoms. The van der Waals surface area contributed by atoms with Crippen molar-refractivity contribution in [3.63, 3.8) is 0 Å². The maximum atomic E-state index is 5.72. The molecule has 0 amide bonds. The van der Waals surface area contributed by atoms with Gasteiger partial charge in [0, 0.05) is 19.8 Å². The monoisotopic (exact) mass is 204 g/mol. The van der Waals surface area contributed by atoms with Gasteiger partial charge in [-0.05, 0) is 31.4 Å². The second-order valence-electron chi connectivity index (χ2n) is 3.47. The molecule has 3 heteroatoms. The number of rotatable bonds is 6. The predicted molar refractivity (Wildman–Crippen MR) is 57.5 cm³/mol. The van der Waals surface area contributed by atoms with Gasteiger partial charge in [0.1, 0.15) is 0 Å². The molecule has 1 heterocycles. The minimum absolute atomic E-state index is 0.463. The van der Waals surface area contributed by atoms with Crippen LogP contribution in [0.5, 0.6) is 0 Å². The predicted octanol–water partition coefficient (Wildman–Crippen LogP) is 2.28. The van der Waals surface area contributed by atoms with E-state index in [2.05, 4.69) is 12.6 Å². The van der Waals surface area contributed by atoms with Crippen molar-refractivity contribution >= 4 is 12.6 Å². The zero-order valence-corrected chi connectivity index (χ0v) is 9.10. The van der Waals surface area contributed by atoms with Crippen molar-refractivity contribution in [3.8, 4) is 0 Å². The van der Waals surface area contributed by atoms with Crippen molar-refractivity contribution in [3.05, 3.63) is 0 Å². The number of hydrogen-bond acceptors (Lipinski definition) is 3. The first kappa shape index (κ1) is 11.3. The molecule has 0 saturated carbocycles. The summed E-state index contributed by atoms with van der Waals surface area (Å²) in [5, 5.41) is 0. The third kappa shape index (κ3) is 5.55. The third-order valence-electron chi connectivity index (χ3n) is 2.32. The van der Waals surface area contributed by atoms with Crippen LogP contribution in [0.3, 0.4) is 0 Å². The maximum Gasteiger partial charge on any atom is 0.0619 e. The van der Waals surface area contributed by atoms with Crippen LogP contribution in [0.25, 0.3) is 0 Å². The minimum atomic E-state index is 0.463. The van der Waals surface area contributed by atoms with Gasteiger partial charge in [-0.3, -0.25) is 0 Å². The highest BCUT2D eigenvalue weighted by molar-refractivity contribution is 7.80. The summed E-state index contributed by atoms with van der Waals surface area (Å²) >= 11 is 4.17. The summed E-state index contributed by atoms with van der Waals surface area (Å²) in [7, 11) is 0. The summed E-state index contributed by atoms with van der Waals surface area (Å²) in [4.78, 5) is 0. The molecule has 1 fully saturated rings. The molecule has 0 aliphatic carbocycles. The average Bonchev–Trinajstić information content (AvgIpc) is 2.19. The van der Waals surface area contributed by atoms with Gasteiger partial charge in [-0.25, -0.2) is 0 Å². The quantitative estimate of drug-likeness (QED) is 0.528. The second-order valence-corrected chi connectivity index (χ2v) is 3.91. The number of hydrogen-bond donors (Lipinski definition) is 1. The van der Waals surface area contributed by atoms with E-state index in [0.29, 0.717) is 6.10 Å². The van der Waals surface area contributed by atoms with Gasteiger partial charge in [-0.15, -0.1) is 0 Å². The van der Waals surface area contributed by atoms with E-state index in [1.165, 1.54) is 19.3 Å². The van der Waals surface area contributed by atoms with Crippen LogP contribution in [0.2, 0.25) is 0 Å². The Bertz CT molecular complexity index is 113. The summed E-state index contributed by atoms with van der Waals surface area (Å²) in [6.45, 7) is 2.67. The lowest BCUT2D eigenvalue weighted by Gasteiger charge is -2.22. The molecule has 0 aromatic carbocycles. The SMILES string of the molecule is SCCCCCOC1CCOCC1. The molecule has 13 heavy (non-hydrogen) atoms. The molecule has 78 valence electrons. The van der Waals surface area contributed by atoms with Gasteiger partial charge in [-0.2, -0.15) is 12.6 Å². The molecule has 0 aromatic rings. The van der Waals surface area contributed by atoms with E-state index in [1.54, 1.807) is 0 Å². The summed E-state index contributed by atoms with van der Waals surface area (Å²) in [6, 6.07) is 0. The lowest BCUT2D eigenvalue weighted by molar-refractivity contribution is -0.0326. The Labute approximate surface area is 86.4 Å². The highest BCUT2D eigenvalue weighted by Gasteiger charge is 2.13. The van der Waals surface area contributed by atoms with E-state index in [0.717, 1.165) is 38.4 Å². The van der Waals surface area contributed by atoms with E-state index in [4.69, 9.17) is 9.47 Å². The smallest absolute Gasteiger partial charge is 0.0619 e. The molecule has 0 bridgehead atoms. The Morgan fingerprint density at radius 3 is 2.62 bits per heavy atom. The Hall–Kier alpha value is 0.270. The largest absolute Gasteiger partial charge is 0.381 e. The van der Waals surface area contributed by atoms with Crippen molar-refractivity contribution in [2.45, 2.75) is 38.2 Å². The van der Waals surface area contributed by atoms with Crippen molar-refractivity contribution < 1.29 is 9.47 Å². The lowest BCUT2D eigenvalue weighted by atomic mass is 10.1. The van der Waals surface area contributed by atoms with E-state index in [-0.39, 0.29) is 0 Å². The first-order valence-electron chi connectivity index (χ1n) is 5.23. The molecule has 1 aliphatic heterocycles. The first-order valence-corrected chi connectivity index (χ1v) is 5.87. The molecule has 0 aromatic heterocycles. The molecular formula is C10H20O2S. The van der Waals surface area contributed by atoms with Crippen molar-refractivity contribution in [1.29, 1.82) is 0 Å². The summed E-state index contributed by atoms with van der Waals surface area (Å²) in [6.07, 6.45) is 6.24. The van der Waals surface area contributed by atoms with Crippen LogP contribution in [0.4, 0.5) is 0 Å². The Morgan fingerprint density at radius 1 is 1.15 bits per heavy atom. The lowest BCUT2D eigenvalue weighted by Crippen LogP contribution is -2.23. The van der Waals surface area contributed by atoms with Gasteiger partial charge in [0.05, 0.1) is 6.10 Å². The van der Waals surface area contributed by atoms with Gasteiger partial charge in [0.25, 0.3) is 0 Å². The zero-order valence-electron chi connectivity index (χ0n) is 8.21. The van der Waals surface area contributed by atoms with Crippen LogP contribution in [-0.4, -0.2) is 31.7 Å². The van der Waals surface area contributed by atoms with Crippen LogP contribution < -0.4 is 0 Å². The minimum Gasteiger partial charge on any atom is -0.381 e. The average molecular weight is 204 g/mol. The highest BCUT2D eigenvalue weighted by atomic mass is 32.1. The van der Waals surface area contributed by atoms with E-state index in [1.807, 2.05) is 0 Å². The van der Waals surface area contributed by atoms with Crippen LogP contribution in [0.1, 0.15) is 32.1 Å². The van der Waals surface area contributed by atoms with Crippen molar-refractivity contribution in [2.75, 3.05) is 25.6 Å². The molecule has 1 aliphatic rings. The van der Waals surface area contributed by atoms with Crippen LogP contribution >= 0.6 is 12.6 Å². The van der Waals surface area contributed by atoms with E-state index in [9.17, 15) is 0 Å². The molecular weight excluding hydrogens is 184 g/mol. The molecule has 0 unspecified atom stereocenters. The van der Waals surface area contributed by atoms with E-state index >= 15 is 0 Å². The van der Waals surface area contributed by atoms with Crippen LogP contribution in [0, 0.1) is 0 Å². The zero-order chi connectivity index (χ0) is 9.36. The topological polar surface area (TPSA) is 18.5 Å². The van der Waals surface area contributed by atoms with Crippen LogP contribution in [-0.2, 0) is 9.47 Å². The standard InChI is InChI=1S/C10H20O2S/c13-9-3-1-2-6-12-10-4-7-11-8-5-10/h10,13H,1-9H2. The normalized spacial score (nSPS) is 19.2. The fourth-order valence-corrected chi connectivity index (χ4v) is 1.71. The van der Waals surface area contributed by atoms with Gasteiger partial charge in [-0.1, -0.05) is 6.42 Å². The Kier molecular flexibility index (Phi) is 6.68. The van der Waals surface area contributed by atoms with Gasteiger partial charge in [0.15, 0.2) is 0 Å². The first-order chi connectivity index (χ1) is 6.43. The van der Waals surface area contributed by atoms with Crippen molar-refractivity contribution in [2.24, 2.45) is 0 Å². The molecule has 1 saturated heterocycles. The highest BCUT2D eigenvalue weighted by Crippen LogP contribution is 2.11. The molecule has 0 atom stereocenters. The van der Waals surface area contributed by atoms with Crippen LogP contribution in [0.15, 0.2) is 0 Å². The third-order valence-corrected chi connectivity index (χ3v) is 2.64. The molecule has 2 nitrogen and oxygen atoms in total. The molecule has 0 radical (unpaired) electrons.